The zero-order valence-corrected chi connectivity index (χ0v) is 11.2. The van der Waals surface area contributed by atoms with Crippen LogP contribution in [0.3, 0.4) is 0 Å². The first-order valence-electron chi connectivity index (χ1n) is 5.45. The highest BCUT2D eigenvalue weighted by Gasteiger charge is 1.98. The van der Waals surface area contributed by atoms with Gasteiger partial charge in [-0.2, -0.15) is 0 Å². The zero-order chi connectivity index (χ0) is 12.1. The summed E-state index contributed by atoms with van der Waals surface area (Å²) in [6.07, 6.45) is 6.60. The lowest BCUT2D eigenvalue weighted by Crippen LogP contribution is -2.07. The topological polar surface area (TPSA) is 55.6 Å². The summed E-state index contributed by atoms with van der Waals surface area (Å²) >= 11 is 3.35. The molecular weight excluding hydrogens is 282 g/mol. The van der Waals surface area contributed by atoms with Gasteiger partial charge < -0.3 is 9.88 Å². The molecule has 90 valence electrons. The van der Waals surface area contributed by atoms with E-state index in [9.17, 15) is 0 Å². The maximum atomic E-state index is 4.30. The van der Waals surface area contributed by atoms with Crippen LogP contribution in [-0.4, -0.2) is 26.1 Å². The van der Waals surface area contributed by atoms with Gasteiger partial charge in [0.1, 0.15) is 16.2 Å². The third-order valence-electron chi connectivity index (χ3n) is 2.27. The molecule has 2 rings (SSSR count). The fourth-order valence-corrected chi connectivity index (χ4v) is 1.99. The average Bonchev–Trinajstić information content (AvgIpc) is 2.76. The molecule has 1 N–H and O–H groups in total. The third-order valence-corrected chi connectivity index (χ3v) is 2.67. The van der Waals surface area contributed by atoms with E-state index >= 15 is 0 Å². The molecule has 2 aromatic rings. The first-order chi connectivity index (χ1) is 8.24. The lowest BCUT2D eigenvalue weighted by molar-refractivity contribution is 0.660. The Morgan fingerprint density at radius 2 is 2.29 bits per heavy atom. The monoisotopic (exact) mass is 295 g/mol. The number of hydrogen-bond acceptors (Lipinski definition) is 4. The lowest BCUT2D eigenvalue weighted by atomic mass is 10.4. The Bertz CT molecular complexity index is 448. The average molecular weight is 296 g/mol. The fourth-order valence-electron chi connectivity index (χ4n) is 1.52. The first kappa shape index (κ1) is 12.0. The van der Waals surface area contributed by atoms with Gasteiger partial charge in [0, 0.05) is 31.5 Å². The number of halogens is 1. The van der Waals surface area contributed by atoms with Gasteiger partial charge in [0.2, 0.25) is 0 Å². The number of nitrogens with one attached hydrogen (secondary N) is 1. The van der Waals surface area contributed by atoms with Crippen molar-refractivity contribution in [1.29, 1.82) is 0 Å². The minimum absolute atomic E-state index is 0.761. The first-order valence-corrected chi connectivity index (χ1v) is 6.24. The second-order valence-electron chi connectivity index (χ2n) is 3.70. The summed E-state index contributed by atoms with van der Waals surface area (Å²) in [5.41, 5.74) is 0. The summed E-state index contributed by atoms with van der Waals surface area (Å²) in [5.74, 6) is 1.62. The van der Waals surface area contributed by atoms with Crippen molar-refractivity contribution < 1.29 is 0 Å². The van der Waals surface area contributed by atoms with Gasteiger partial charge in [-0.15, -0.1) is 0 Å². The summed E-state index contributed by atoms with van der Waals surface area (Å²) in [5, 5.41) is 3.27. The van der Waals surface area contributed by atoms with Crippen LogP contribution in [-0.2, 0) is 6.54 Å². The van der Waals surface area contributed by atoms with Gasteiger partial charge in [-0.25, -0.2) is 15.0 Å². The maximum Gasteiger partial charge on any atom is 0.130 e. The molecule has 0 bridgehead atoms. The molecule has 0 fully saturated rings. The quantitative estimate of drug-likeness (QED) is 0.679. The summed E-state index contributed by atoms with van der Waals surface area (Å²) < 4.78 is 2.87. The molecule has 0 atom stereocenters. The van der Waals surface area contributed by atoms with Crippen LogP contribution in [0.4, 0.5) is 5.82 Å². The van der Waals surface area contributed by atoms with Gasteiger partial charge in [-0.3, -0.25) is 0 Å². The molecule has 0 aliphatic carbocycles. The van der Waals surface area contributed by atoms with Gasteiger partial charge in [0.15, 0.2) is 0 Å². The summed E-state index contributed by atoms with van der Waals surface area (Å²) in [6, 6.07) is 1.88. The Balaban J connectivity index is 1.78. The molecule has 0 amide bonds. The van der Waals surface area contributed by atoms with Gasteiger partial charge >= 0.3 is 0 Å². The van der Waals surface area contributed by atoms with Gasteiger partial charge in [0.05, 0.1) is 6.33 Å². The van der Waals surface area contributed by atoms with Gasteiger partial charge in [-0.05, 0) is 29.3 Å². The normalized spacial score (nSPS) is 10.5. The Morgan fingerprint density at radius 3 is 3.00 bits per heavy atom. The number of hydrogen-bond donors (Lipinski definition) is 1. The predicted molar refractivity (Wildman–Crippen MR) is 69.8 cm³/mol. The molecule has 17 heavy (non-hydrogen) atoms. The molecule has 5 nitrogen and oxygen atoms in total. The lowest BCUT2D eigenvalue weighted by Gasteiger charge is -2.06. The van der Waals surface area contributed by atoms with Gasteiger partial charge in [0.25, 0.3) is 0 Å². The predicted octanol–water partition coefficient (Wildman–Crippen LogP) is 2.25. The van der Waals surface area contributed by atoms with Crippen LogP contribution in [0.2, 0.25) is 0 Å². The highest BCUT2D eigenvalue weighted by molar-refractivity contribution is 9.10. The van der Waals surface area contributed by atoms with Gasteiger partial charge in [-0.1, -0.05) is 0 Å². The van der Waals surface area contributed by atoms with E-state index in [-0.39, 0.29) is 0 Å². The van der Waals surface area contributed by atoms with E-state index in [2.05, 4.69) is 40.8 Å². The molecule has 0 aliphatic rings. The number of anilines is 1. The third kappa shape index (κ3) is 3.81. The second-order valence-corrected chi connectivity index (χ2v) is 4.52. The largest absolute Gasteiger partial charge is 0.370 e. The summed E-state index contributed by atoms with van der Waals surface area (Å²) in [4.78, 5) is 12.5. The minimum Gasteiger partial charge on any atom is -0.370 e. The van der Waals surface area contributed by atoms with E-state index in [0.717, 1.165) is 35.8 Å². The van der Waals surface area contributed by atoms with Crippen LogP contribution in [0.1, 0.15) is 12.2 Å². The van der Waals surface area contributed by atoms with Crippen molar-refractivity contribution in [2.45, 2.75) is 19.9 Å². The fraction of sp³-hybridized carbons (Fsp3) is 0.364. The molecule has 2 aromatic heterocycles. The number of aryl methyl sites for hydroxylation is 2. The molecule has 0 aliphatic heterocycles. The van der Waals surface area contributed by atoms with E-state index in [1.165, 1.54) is 0 Å². The smallest absolute Gasteiger partial charge is 0.130 e. The molecule has 6 heteroatoms. The van der Waals surface area contributed by atoms with Crippen molar-refractivity contribution in [2.75, 3.05) is 11.9 Å². The molecule has 0 spiro atoms. The van der Waals surface area contributed by atoms with Crippen LogP contribution in [0.25, 0.3) is 0 Å². The molecular formula is C11H14BrN5. The molecule has 0 saturated heterocycles. The Kier molecular flexibility index (Phi) is 4.08. The Morgan fingerprint density at radius 1 is 1.41 bits per heavy atom. The maximum absolute atomic E-state index is 4.30. The molecule has 0 radical (unpaired) electrons. The number of aromatic nitrogens is 4. The van der Waals surface area contributed by atoms with Crippen molar-refractivity contribution in [2.24, 2.45) is 0 Å². The van der Waals surface area contributed by atoms with Crippen LogP contribution in [0.15, 0.2) is 29.4 Å². The molecule has 0 unspecified atom stereocenters. The standard InChI is InChI=1S/C11H14BrN5/c1-9-15-10(12)7-11(16-9)14-3-2-5-17-6-4-13-8-17/h4,6-8H,2-3,5H2,1H3,(H,14,15,16). The minimum atomic E-state index is 0.761. The second kappa shape index (κ2) is 5.77. The van der Waals surface area contributed by atoms with Crippen molar-refractivity contribution in [3.63, 3.8) is 0 Å². The van der Waals surface area contributed by atoms with Crippen LogP contribution < -0.4 is 5.32 Å². The van der Waals surface area contributed by atoms with Crippen LogP contribution >= 0.6 is 15.9 Å². The van der Waals surface area contributed by atoms with E-state index < -0.39 is 0 Å². The van der Waals surface area contributed by atoms with Crippen molar-refractivity contribution in [1.82, 2.24) is 19.5 Å². The zero-order valence-electron chi connectivity index (χ0n) is 9.60. The number of imidazole rings is 1. The van der Waals surface area contributed by atoms with E-state index in [4.69, 9.17) is 0 Å². The SMILES string of the molecule is Cc1nc(Br)cc(NCCCn2ccnc2)n1. The molecule has 0 aromatic carbocycles. The van der Waals surface area contributed by atoms with E-state index in [1.807, 2.05) is 25.5 Å². The Hall–Kier alpha value is -1.43. The summed E-state index contributed by atoms with van der Waals surface area (Å²) in [6.45, 7) is 3.71. The van der Waals surface area contributed by atoms with Crippen molar-refractivity contribution >= 4 is 21.7 Å². The van der Waals surface area contributed by atoms with Crippen molar-refractivity contribution in [3.8, 4) is 0 Å². The Labute approximate surface area is 108 Å². The number of rotatable bonds is 5. The highest BCUT2D eigenvalue weighted by atomic mass is 79.9. The van der Waals surface area contributed by atoms with Crippen molar-refractivity contribution in [3.05, 3.63) is 35.2 Å². The molecule has 2 heterocycles. The number of nitrogens with zero attached hydrogens (tertiary/aromatic N) is 4. The van der Waals surface area contributed by atoms with E-state index in [0.29, 0.717) is 0 Å². The molecule has 0 saturated carbocycles. The summed E-state index contributed by atoms with van der Waals surface area (Å²) in [7, 11) is 0. The van der Waals surface area contributed by atoms with Crippen LogP contribution in [0.5, 0.6) is 0 Å². The van der Waals surface area contributed by atoms with Crippen LogP contribution in [0, 0.1) is 6.92 Å². The van der Waals surface area contributed by atoms with E-state index in [1.54, 1.807) is 6.20 Å². The highest BCUT2D eigenvalue weighted by Crippen LogP contribution is 2.11.